The van der Waals surface area contributed by atoms with Crippen LogP contribution in [0.15, 0.2) is 24.5 Å². The highest BCUT2D eigenvalue weighted by molar-refractivity contribution is 7.84. The summed E-state index contributed by atoms with van der Waals surface area (Å²) in [4.78, 5) is 18.1. The number of amides is 1. The molecule has 0 bridgehead atoms. The molecule has 0 fully saturated rings. The van der Waals surface area contributed by atoms with Crippen molar-refractivity contribution in [2.75, 3.05) is 24.0 Å². The number of aromatic nitrogens is 3. The average molecular weight is 338 g/mol. The molecule has 6 nitrogen and oxygen atoms in total. The number of nitrogens with zero attached hydrogens (tertiary/aromatic N) is 4. The monoisotopic (exact) mass is 338 g/mol. The van der Waals surface area contributed by atoms with Crippen LogP contribution < -0.4 is 4.90 Å². The molecule has 0 spiro atoms. The van der Waals surface area contributed by atoms with Crippen LogP contribution in [0, 0.1) is 5.41 Å². The first-order valence-corrected chi connectivity index (χ1v) is 9.18. The minimum absolute atomic E-state index is 0.128. The zero-order chi connectivity index (χ0) is 16.3. The Balaban J connectivity index is 2.20. The summed E-state index contributed by atoms with van der Waals surface area (Å²) in [5, 5.41) is 9.40. The normalized spacial score (nSPS) is 12.9. The van der Waals surface area contributed by atoms with Crippen LogP contribution in [0.3, 0.4) is 0 Å². The Labute approximate surface area is 136 Å². The zero-order valence-electron chi connectivity index (χ0n) is 12.9. The van der Waals surface area contributed by atoms with Gasteiger partial charge in [-0.3, -0.25) is 18.9 Å². The quantitative estimate of drug-likeness (QED) is 0.833. The maximum absolute atomic E-state index is 12.6. The van der Waals surface area contributed by atoms with Crippen LogP contribution in [0.1, 0.15) is 13.8 Å². The lowest BCUT2D eigenvalue weighted by Gasteiger charge is -2.26. The van der Waals surface area contributed by atoms with Crippen molar-refractivity contribution in [3.63, 3.8) is 0 Å². The maximum Gasteiger partial charge on any atom is 0.235 e. The molecular weight excluding hydrogens is 320 g/mol. The number of hydrogen-bond donors (Lipinski definition) is 0. The molecule has 2 aromatic heterocycles. The summed E-state index contributed by atoms with van der Waals surface area (Å²) >= 11 is 1.32. The van der Waals surface area contributed by atoms with Gasteiger partial charge in [-0.2, -0.15) is 0 Å². The first kappa shape index (κ1) is 16.7. The summed E-state index contributed by atoms with van der Waals surface area (Å²) in [6.07, 6.45) is 4.99. The molecule has 0 aliphatic carbocycles. The Hall–Kier alpha value is -1.67. The topological polar surface area (TPSA) is 76.1 Å². The van der Waals surface area contributed by atoms with Crippen molar-refractivity contribution in [1.29, 1.82) is 0 Å². The van der Waals surface area contributed by atoms with Crippen LogP contribution in [-0.4, -0.2) is 44.4 Å². The molecule has 1 atom stereocenters. The summed E-state index contributed by atoms with van der Waals surface area (Å²) in [6.45, 7) is 3.58. The van der Waals surface area contributed by atoms with E-state index in [4.69, 9.17) is 0 Å². The summed E-state index contributed by atoms with van der Waals surface area (Å²) in [6, 6.07) is 3.72. The van der Waals surface area contributed by atoms with E-state index < -0.39 is 16.2 Å². The lowest BCUT2D eigenvalue weighted by atomic mass is 9.95. The van der Waals surface area contributed by atoms with Gasteiger partial charge < -0.3 is 0 Å². The number of carbonyl (C=O) groups is 1. The van der Waals surface area contributed by atoms with Crippen LogP contribution in [0.25, 0.3) is 10.6 Å². The largest absolute Gasteiger partial charge is 0.289 e. The van der Waals surface area contributed by atoms with Crippen LogP contribution in [0.2, 0.25) is 0 Å². The Morgan fingerprint density at radius 3 is 2.73 bits per heavy atom. The van der Waals surface area contributed by atoms with Gasteiger partial charge in [-0.15, -0.1) is 10.2 Å². The second-order valence-electron chi connectivity index (χ2n) is 5.60. The molecule has 2 rings (SSSR count). The molecule has 0 radical (unpaired) electrons. The van der Waals surface area contributed by atoms with E-state index in [0.29, 0.717) is 15.9 Å². The van der Waals surface area contributed by atoms with Crippen LogP contribution in [0.5, 0.6) is 0 Å². The minimum Gasteiger partial charge on any atom is -0.289 e. The van der Waals surface area contributed by atoms with Gasteiger partial charge in [0.25, 0.3) is 0 Å². The fourth-order valence-corrected chi connectivity index (χ4v) is 4.00. The fraction of sp³-hybridized carbons (Fsp3) is 0.429. The fourth-order valence-electron chi connectivity index (χ4n) is 2.07. The summed E-state index contributed by atoms with van der Waals surface area (Å²) < 4.78 is 11.4. The third kappa shape index (κ3) is 3.75. The molecule has 8 heteroatoms. The predicted molar refractivity (Wildman–Crippen MR) is 89.3 cm³/mol. The van der Waals surface area contributed by atoms with E-state index in [1.54, 1.807) is 39.5 Å². The second-order valence-corrected chi connectivity index (χ2v) is 7.99. The van der Waals surface area contributed by atoms with Gasteiger partial charge in [0.05, 0.1) is 5.41 Å². The number of hydrogen-bond acceptors (Lipinski definition) is 6. The third-order valence-corrected chi connectivity index (χ3v) is 5.23. The highest BCUT2D eigenvalue weighted by Gasteiger charge is 2.33. The van der Waals surface area contributed by atoms with Crippen LogP contribution in [-0.2, 0) is 15.6 Å². The van der Waals surface area contributed by atoms with Gasteiger partial charge in [0.15, 0.2) is 5.01 Å². The standard InChI is InChI=1S/C14H18N4O2S2/c1-14(2,9-22(4)20)12(19)18(3)13-17-16-11(21-13)10-6-5-7-15-8-10/h5-8H,9H2,1-4H3. The summed E-state index contributed by atoms with van der Waals surface area (Å²) in [5.74, 6) is 0.182. The minimum atomic E-state index is -1.04. The summed E-state index contributed by atoms with van der Waals surface area (Å²) in [5.41, 5.74) is 0.148. The van der Waals surface area contributed by atoms with E-state index in [-0.39, 0.29) is 5.91 Å². The van der Waals surface area contributed by atoms with E-state index in [0.717, 1.165) is 5.56 Å². The van der Waals surface area contributed by atoms with Crippen molar-refractivity contribution < 1.29 is 9.00 Å². The lowest BCUT2D eigenvalue weighted by Crippen LogP contribution is -2.41. The third-order valence-electron chi connectivity index (χ3n) is 3.06. The molecule has 118 valence electrons. The van der Waals surface area contributed by atoms with Gasteiger partial charge in [-0.25, -0.2) is 0 Å². The van der Waals surface area contributed by atoms with E-state index in [2.05, 4.69) is 15.2 Å². The molecule has 1 amide bonds. The number of pyridine rings is 1. The number of carbonyl (C=O) groups excluding carboxylic acids is 1. The molecule has 0 aliphatic heterocycles. The maximum atomic E-state index is 12.6. The van der Waals surface area contributed by atoms with Crippen molar-refractivity contribution in [3.8, 4) is 10.6 Å². The lowest BCUT2D eigenvalue weighted by molar-refractivity contribution is -0.125. The van der Waals surface area contributed by atoms with E-state index >= 15 is 0 Å². The van der Waals surface area contributed by atoms with Gasteiger partial charge in [0, 0.05) is 47.8 Å². The first-order valence-electron chi connectivity index (χ1n) is 6.63. The average Bonchev–Trinajstić information content (AvgIpc) is 2.95. The van der Waals surface area contributed by atoms with Gasteiger partial charge in [0.1, 0.15) is 0 Å². The Kier molecular flexibility index (Phi) is 5.02. The Morgan fingerprint density at radius 1 is 1.41 bits per heavy atom. The van der Waals surface area contributed by atoms with Crippen molar-refractivity contribution >= 4 is 33.2 Å². The van der Waals surface area contributed by atoms with E-state index in [1.807, 2.05) is 12.1 Å². The molecule has 2 heterocycles. The molecule has 0 saturated heterocycles. The molecule has 1 unspecified atom stereocenters. The van der Waals surface area contributed by atoms with E-state index in [1.165, 1.54) is 16.2 Å². The number of rotatable bonds is 5. The molecule has 0 aromatic carbocycles. The Morgan fingerprint density at radius 2 is 2.14 bits per heavy atom. The van der Waals surface area contributed by atoms with E-state index in [9.17, 15) is 9.00 Å². The van der Waals surface area contributed by atoms with Gasteiger partial charge >= 0.3 is 0 Å². The molecule has 0 N–H and O–H groups in total. The predicted octanol–water partition coefficient (Wildman–Crippen LogP) is 1.97. The Bertz CT molecular complexity index is 685. The number of anilines is 1. The molecule has 0 saturated carbocycles. The van der Waals surface area contributed by atoms with Crippen molar-refractivity contribution in [2.24, 2.45) is 5.41 Å². The zero-order valence-corrected chi connectivity index (χ0v) is 14.6. The van der Waals surface area contributed by atoms with Crippen LogP contribution >= 0.6 is 11.3 Å². The SMILES string of the molecule is CN(C(=O)C(C)(C)CS(C)=O)c1nnc(-c2cccnc2)s1. The molecule has 0 aliphatic rings. The van der Waals surface area contributed by atoms with Gasteiger partial charge in [0.2, 0.25) is 11.0 Å². The highest BCUT2D eigenvalue weighted by Crippen LogP contribution is 2.30. The van der Waals surface area contributed by atoms with Crippen LogP contribution in [0.4, 0.5) is 5.13 Å². The molecule has 2 aromatic rings. The first-order chi connectivity index (χ1) is 10.3. The second kappa shape index (κ2) is 6.62. The van der Waals surface area contributed by atoms with Gasteiger partial charge in [-0.05, 0) is 12.1 Å². The van der Waals surface area contributed by atoms with Crippen molar-refractivity contribution in [3.05, 3.63) is 24.5 Å². The van der Waals surface area contributed by atoms with Crippen molar-refractivity contribution in [1.82, 2.24) is 15.2 Å². The van der Waals surface area contributed by atoms with Crippen molar-refractivity contribution in [2.45, 2.75) is 13.8 Å². The highest BCUT2D eigenvalue weighted by atomic mass is 32.2. The molecular formula is C14H18N4O2S2. The summed E-state index contributed by atoms with van der Waals surface area (Å²) in [7, 11) is 0.621. The molecule has 22 heavy (non-hydrogen) atoms. The smallest absolute Gasteiger partial charge is 0.235 e. The van der Waals surface area contributed by atoms with Gasteiger partial charge in [-0.1, -0.05) is 25.2 Å².